The molecule has 0 radical (unpaired) electrons. The maximum absolute atomic E-state index is 12.0. The summed E-state index contributed by atoms with van der Waals surface area (Å²) in [7, 11) is 0. The highest BCUT2D eigenvalue weighted by Gasteiger charge is 2.32. The highest BCUT2D eigenvalue weighted by Crippen LogP contribution is 2.29. The van der Waals surface area contributed by atoms with Crippen LogP contribution >= 0.6 is 0 Å². The van der Waals surface area contributed by atoms with Crippen LogP contribution in [0.4, 0.5) is 4.79 Å². The molecule has 1 N–H and O–H groups in total. The molecule has 2 fully saturated rings. The molecule has 3 rings (SSSR count). The van der Waals surface area contributed by atoms with Crippen molar-refractivity contribution in [2.45, 2.75) is 51.3 Å². The molecule has 22 heavy (non-hydrogen) atoms. The number of benzene rings is 1. The molecule has 2 atom stereocenters. The number of hydrogen-bond donors (Lipinski definition) is 1. The van der Waals surface area contributed by atoms with E-state index in [4.69, 9.17) is 4.74 Å². The molecule has 1 saturated heterocycles. The molecule has 0 bridgehead atoms. The van der Waals surface area contributed by atoms with Crippen molar-refractivity contribution >= 4 is 6.09 Å². The molecule has 1 amide bonds. The fraction of sp³-hybridized carbons (Fsp3) is 0.611. The monoisotopic (exact) mass is 302 g/mol. The molecular weight excluding hydrogens is 276 g/mol. The van der Waals surface area contributed by atoms with Crippen molar-refractivity contribution in [3.8, 4) is 0 Å². The smallest absolute Gasteiger partial charge is 0.407 e. The molecule has 120 valence electrons. The maximum Gasteiger partial charge on any atom is 0.407 e. The van der Waals surface area contributed by atoms with E-state index in [0.717, 1.165) is 24.6 Å². The van der Waals surface area contributed by atoms with Gasteiger partial charge in [-0.05, 0) is 30.7 Å². The lowest BCUT2D eigenvalue weighted by atomic mass is 9.87. The first-order valence-corrected chi connectivity index (χ1v) is 8.42. The molecule has 1 aromatic rings. The van der Waals surface area contributed by atoms with Gasteiger partial charge in [-0.2, -0.15) is 0 Å². The van der Waals surface area contributed by atoms with Gasteiger partial charge in [0.2, 0.25) is 0 Å². The van der Waals surface area contributed by atoms with Crippen molar-refractivity contribution in [3.63, 3.8) is 0 Å². The predicted octanol–water partition coefficient (Wildman–Crippen LogP) is 3.18. The van der Waals surface area contributed by atoms with Crippen LogP contribution in [0.15, 0.2) is 30.3 Å². The van der Waals surface area contributed by atoms with Crippen molar-refractivity contribution < 1.29 is 9.53 Å². The molecule has 1 aliphatic carbocycles. The van der Waals surface area contributed by atoms with Crippen molar-refractivity contribution in [3.05, 3.63) is 35.9 Å². The van der Waals surface area contributed by atoms with Crippen LogP contribution in [0.3, 0.4) is 0 Å². The lowest BCUT2D eigenvalue weighted by molar-refractivity contribution is 0.0595. The van der Waals surface area contributed by atoms with Gasteiger partial charge >= 0.3 is 6.09 Å². The first-order valence-electron chi connectivity index (χ1n) is 8.42. The van der Waals surface area contributed by atoms with Crippen molar-refractivity contribution in [2.24, 2.45) is 5.92 Å². The van der Waals surface area contributed by atoms with E-state index in [1.54, 1.807) is 0 Å². The van der Waals surface area contributed by atoms with Gasteiger partial charge in [0.05, 0.1) is 0 Å². The summed E-state index contributed by atoms with van der Waals surface area (Å²) < 4.78 is 5.33. The highest BCUT2D eigenvalue weighted by atomic mass is 16.5. The van der Waals surface area contributed by atoms with E-state index < -0.39 is 0 Å². The summed E-state index contributed by atoms with van der Waals surface area (Å²) in [5.74, 6) is 0.633. The molecule has 1 aromatic carbocycles. The van der Waals surface area contributed by atoms with E-state index >= 15 is 0 Å². The zero-order valence-electron chi connectivity index (χ0n) is 13.3. The summed E-state index contributed by atoms with van der Waals surface area (Å²) in [5.41, 5.74) is 1.02. The SMILES string of the molecule is CC1CC(NC(=O)OCc2ccccc2)CN(C2CCC2)C1. The zero-order valence-corrected chi connectivity index (χ0v) is 13.3. The standard InChI is InChI=1S/C18H26N2O2/c1-14-10-16(12-20(11-14)17-8-5-9-17)19-18(21)22-13-15-6-3-2-4-7-15/h2-4,6-7,14,16-17H,5,8-13H2,1H3,(H,19,21). The summed E-state index contributed by atoms with van der Waals surface area (Å²) in [4.78, 5) is 14.6. The summed E-state index contributed by atoms with van der Waals surface area (Å²) in [6.07, 6.45) is 4.74. The third-order valence-corrected chi connectivity index (χ3v) is 4.81. The Balaban J connectivity index is 1.45. The van der Waals surface area contributed by atoms with Crippen LogP contribution in [-0.4, -0.2) is 36.2 Å². The van der Waals surface area contributed by atoms with E-state index in [1.807, 2.05) is 30.3 Å². The number of piperidine rings is 1. The van der Waals surface area contributed by atoms with E-state index in [9.17, 15) is 4.79 Å². The third-order valence-electron chi connectivity index (χ3n) is 4.81. The quantitative estimate of drug-likeness (QED) is 0.929. The second-order valence-electron chi connectivity index (χ2n) is 6.78. The molecule has 1 aliphatic heterocycles. The number of nitrogens with one attached hydrogen (secondary N) is 1. The van der Waals surface area contributed by atoms with Gasteiger partial charge in [-0.1, -0.05) is 43.7 Å². The lowest BCUT2D eigenvalue weighted by Gasteiger charge is -2.44. The number of hydrogen-bond acceptors (Lipinski definition) is 3. The van der Waals surface area contributed by atoms with E-state index in [1.165, 1.54) is 25.8 Å². The van der Waals surface area contributed by atoms with E-state index in [-0.39, 0.29) is 12.1 Å². The number of rotatable bonds is 4. The number of ether oxygens (including phenoxy) is 1. The van der Waals surface area contributed by atoms with Crippen LogP contribution in [0.2, 0.25) is 0 Å². The number of amides is 1. The van der Waals surface area contributed by atoms with Crippen LogP contribution in [0.25, 0.3) is 0 Å². The van der Waals surface area contributed by atoms with E-state index in [2.05, 4.69) is 17.1 Å². The molecular formula is C18H26N2O2. The van der Waals surface area contributed by atoms with Gasteiger partial charge in [0, 0.05) is 25.2 Å². The summed E-state index contributed by atoms with van der Waals surface area (Å²) in [5, 5.41) is 3.05. The lowest BCUT2D eigenvalue weighted by Crippen LogP contribution is -2.54. The van der Waals surface area contributed by atoms with Crippen LogP contribution in [0, 0.1) is 5.92 Å². The van der Waals surface area contributed by atoms with Crippen LogP contribution < -0.4 is 5.32 Å². The van der Waals surface area contributed by atoms with Crippen molar-refractivity contribution in [1.82, 2.24) is 10.2 Å². The molecule has 1 saturated carbocycles. The molecule has 4 heteroatoms. The molecule has 2 aliphatic rings. The largest absolute Gasteiger partial charge is 0.445 e. The fourth-order valence-corrected chi connectivity index (χ4v) is 3.48. The van der Waals surface area contributed by atoms with E-state index in [0.29, 0.717) is 12.5 Å². The molecule has 0 aromatic heterocycles. The van der Waals surface area contributed by atoms with Gasteiger partial charge in [0.15, 0.2) is 0 Å². The summed E-state index contributed by atoms with van der Waals surface area (Å²) in [6, 6.07) is 10.8. The first kappa shape index (κ1) is 15.3. The average molecular weight is 302 g/mol. The van der Waals surface area contributed by atoms with Crippen molar-refractivity contribution in [2.75, 3.05) is 13.1 Å². The topological polar surface area (TPSA) is 41.6 Å². The Morgan fingerprint density at radius 3 is 2.73 bits per heavy atom. The third kappa shape index (κ3) is 4.01. The summed E-state index contributed by atoms with van der Waals surface area (Å²) >= 11 is 0. The molecule has 0 spiro atoms. The van der Waals surface area contributed by atoms with Crippen LogP contribution in [-0.2, 0) is 11.3 Å². The molecule has 4 nitrogen and oxygen atoms in total. The van der Waals surface area contributed by atoms with Gasteiger partial charge in [0.1, 0.15) is 6.61 Å². The van der Waals surface area contributed by atoms with Gasteiger partial charge in [0.25, 0.3) is 0 Å². The van der Waals surface area contributed by atoms with Crippen molar-refractivity contribution in [1.29, 1.82) is 0 Å². The number of carbonyl (C=O) groups is 1. The van der Waals surface area contributed by atoms with Gasteiger partial charge in [-0.15, -0.1) is 0 Å². The van der Waals surface area contributed by atoms with Gasteiger partial charge in [-0.3, -0.25) is 4.90 Å². The van der Waals surface area contributed by atoms with Crippen LogP contribution in [0.5, 0.6) is 0 Å². The summed E-state index contributed by atoms with van der Waals surface area (Å²) in [6.45, 7) is 4.74. The van der Waals surface area contributed by atoms with Gasteiger partial charge in [-0.25, -0.2) is 4.79 Å². The highest BCUT2D eigenvalue weighted by molar-refractivity contribution is 5.67. The number of nitrogens with zero attached hydrogens (tertiary/aromatic N) is 1. The minimum absolute atomic E-state index is 0.215. The maximum atomic E-state index is 12.0. The Hall–Kier alpha value is -1.55. The Morgan fingerprint density at radius 1 is 1.27 bits per heavy atom. The minimum Gasteiger partial charge on any atom is -0.445 e. The number of likely N-dealkylation sites (tertiary alicyclic amines) is 1. The molecule has 2 unspecified atom stereocenters. The zero-order chi connectivity index (χ0) is 15.4. The normalized spacial score (nSPS) is 26.2. The minimum atomic E-state index is -0.295. The molecule has 1 heterocycles. The second kappa shape index (κ2) is 7.14. The van der Waals surface area contributed by atoms with Gasteiger partial charge < -0.3 is 10.1 Å². The predicted molar refractivity (Wildman–Crippen MR) is 86.5 cm³/mol. The first-order chi connectivity index (χ1) is 10.7. The second-order valence-corrected chi connectivity index (χ2v) is 6.78. The Bertz CT molecular complexity index is 487. The Labute approximate surface area is 132 Å². The number of carbonyl (C=O) groups excluding carboxylic acids is 1. The fourth-order valence-electron chi connectivity index (χ4n) is 3.48. The number of alkyl carbamates (subject to hydrolysis) is 1. The Kier molecular flexibility index (Phi) is 4.98. The Morgan fingerprint density at radius 2 is 2.05 bits per heavy atom. The van der Waals surface area contributed by atoms with Crippen LogP contribution in [0.1, 0.15) is 38.2 Å². The average Bonchev–Trinajstić information content (AvgIpc) is 2.44.